The van der Waals surface area contributed by atoms with Crippen molar-refractivity contribution >= 4 is 28.4 Å². The minimum Gasteiger partial charge on any atom is -0.361 e. The summed E-state index contributed by atoms with van der Waals surface area (Å²) in [6.45, 7) is 3.54. The van der Waals surface area contributed by atoms with Crippen molar-refractivity contribution in [3.8, 4) is 0 Å². The van der Waals surface area contributed by atoms with Crippen LogP contribution in [0.2, 0.25) is 0 Å². The van der Waals surface area contributed by atoms with Gasteiger partial charge in [-0.1, -0.05) is 30.3 Å². The molecule has 0 bridgehead atoms. The topological polar surface area (TPSA) is 73.9 Å². The lowest BCUT2D eigenvalue weighted by Crippen LogP contribution is -2.40. The molecule has 1 fully saturated rings. The van der Waals surface area contributed by atoms with E-state index in [1.807, 2.05) is 60.5 Å². The van der Waals surface area contributed by atoms with Gasteiger partial charge in [-0.25, -0.2) is 9.97 Å². The number of hydrogen-bond donors (Lipinski definition) is 2. The molecule has 0 saturated carbocycles. The van der Waals surface area contributed by atoms with Crippen LogP contribution in [0.4, 0.5) is 11.6 Å². The highest BCUT2D eigenvalue weighted by Crippen LogP contribution is 2.28. The van der Waals surface area contributed by atoms with Crippen LogP contribution in [-0.4, -0.2) is 38.8 Å². The van der Waals surface area contributed by atoms with Crippen molar-refractivity contribution < 1.29 is 4.79 Å². The van der Waals surface area contributed by atoms with Crippen LogP contribution in [0.5, 0.6) is 0 Å². The molecule has 1 amide bonds. The summed E-state index contributed by atoms with van der Waals surface area (Å²) in [5, 5.41) is 4.45. The zero-order chi connectivity index (χ0) is 21.9. The van der Waals surface area contributed by atoms with Crippen molar-refractivity contribution in [1.29, 1.82) is 0 Å². The lowest BCUT2D eigenvalue weighted by atomic mass is 9.93. The summed E-state index contributed by atoms with van der Waals surface area (Å²) in [4.78, 5) is 27.6. The van der Waals surface area contributed by atoms with Crippen LogP contribution in [0, 0.1) is 6.92 Å². The number of aromatic nitrogens is 3. The Morgan fingerprint density at radius 3 is 2.97 bits per heavy atom. The van der Waals surface area contributed by atoms with Crippen molar-refractivity contribution in [1.82, 2.24) is 19.9 Å². The van der Waals surface area contributed by atoms with E-state index in [-0.39, 0.29) is 11.8 Å². The first-order valence-corrected chi connectivity index (χ1v) is 11.2. The molecule has 6 nitrogen and oxygen atoms in total. The van der Waals surface area contributed by atoms with E-state index >= 15 is 0 Å². The molecule has 1 aliphatic rings. The number of fused-ring (bicyclic) bond motifs is 1. The molecule has 1 aromatic carbocycles. The molecule has 6 heteroatoms. The monoisotopic (exact) mass is 425 g/mol. The van der Waals surface area contributed by atoms with Gasteiger partial charge in [0.15, 0.2) is 0 Å². The van der Waals surface area contributed by atoms with E-state index in [1.165, 1.54) is 0 Å². The number of pyridine rings is 2. The third-order valence-electron chi connectivity index (χ3n) is 6.24. The number of hydrogen-bond acceptors (Lipinski definition) is 4. The molecule has 1 saturated heterocycles. The predicted octanol–water partition coefficient (Wildman–Crippen LogP) is 4.96. The molecule has 162 valence electrons. The van der Waals surface area contributed by atoms with Crippen molar-refractivity contribution in [3.05, 3.63) is 83.8 Å². The second kappa shape index (κ2) is 8.83. The van der Waals surface area contributed by atoms with Crippen LogP contribution < -0.4 is 5.32 Å². The van der Waals surface area contributed by atoms with E-state index in [0.29, 0.717) is 13.0 Å². The van der Waals surface area contributed by atoms with Gasteiger partial charge in [0, 0.05) is 48.0 Å². The van der Waals surface area contributed by atoms with E-state index in [9.17, 15) is 4.79 Å². The summed E-state index contributed by atoms with van der Waals surface area (Å²) >= 11 is 0. The molecule has 1 aliphatic heterocycles. The van der Waals surface area contributed by atoms with Gasteiger partial charge in [0.25, 0.3) is 0 Å². The molecule has 2 N–H and O–H groups in total. The Hall–Kier alpha value is -3.67. The van der Waals surface area contributed by atoms with Gasteiger partial charge in [0.05, 0.1) is 6.42 Å². The average Bonchev–Trinajstić information content (AvgIpc) is 3.24. The number of likely N-dealkylation sites (tertiary alicyclic amines) is 1. The lowest BCUT2D eigenvalue weighted by Gasteiger charge is -2.32. The van der Waals surface area contributed by atoms with Gasteiger partial charge >= 0.3 is 0 Å². The van der Waals surface area contributed by atoms with Crippen LogP contribution in [0.1, 0.15) is 35.6 Å². The van der Waals surface area contributed by atoms with E-state index in [0.717, 1.165) is 58.7 Å². The number of amides is 1. The van der Waals surface area contributed by atoms with Gasteiger partial charge in [-0.2, -0.15) is 0 Å². The molecule has 3 aromatic heterocycles. The third-order valence-corrected chi connectivity index (χ3v) is 6.24. The number of benzene rings is 1. The zero-order valence-electron chi connectivity index (χ0n) is 18.2. The number of para-hydroxylation sites is 1. The number of carbonyl (C=O) groups excluding carboxylic acids is 1. The van der Waals surface area contributed by atoms with Gasteiger partial charge in [0.2, 0.25) is 5.91 Å². The third kappa shape index (κ3) is 4.21. The van der Waals surface area contributed by atoms with E-state index in [1.54, 1.807) is 6.20 Å². The summed E-state index contributed by atoms with van der Waals surface area (Å²) in [5.74, 6) is 2.02. The van der Waals surface area contributed by atoms with Gasteiger partial charge < -0.3 is 15.2 Å². The fraction of sp³-hybridized carbons (Fsp3) is 0.269. The summed E-state index contributed by atoms with van der Waals surface area (Å²) < 4.78 is 0. The zero-order valence-corrected chi connectivity index (χ0v) is 18.2. The highest BCUT2D eigenvalue weighted by Gasteiger charge is 2.26. The SMILES string of the molecule is Cc1cccnc1Nc1cccc([C@@H]2CCCN(C(=O)Cc3c[nH]c4ccccc34)C2)n1. The predicted molar refractivity (Wildman–Crippen MR) is 127 cm³/mol. The van der Waals surface area contributed by atoms with Crippen molar-refractivity contribution in [2.24, 2.45) is 0 Å². The Balaban J connectivity index is 1.28. The Bertz CT molecular complexity index is 1250. The van der Waals surface area contributed by atoms with Gasteiger partial charge in [-0.15, -0.1) is 0 Å². The Morgan fingerprint density at radius 1 is 1.16 bits per heavy atom. The summed E-state index contributed by atoms with van der Waals surface area (Å²) in [6, 6.07) is 18.1. The molecule has 0 unspecified atom stereocenters. The normalized spacial score (nSPS) is 16.3. The molecule has 4 aromatic rings. The Morgan fingerprint density at radius 2 is 2.06 bits per heavy atom. The average molecular weight is 426 g/mol. The van der Waals surface area contributed by atoms with E-state index < -0.39 is 0 Å². The highest BCUT2D eigenvalue weighted by atomic mass is 16.2. The first kappa shape index (κ1) is 20.2. The number of aromatic amines is 1. The van der Waals surface area contributed by atoms with Crippen LogP contribution in [0.3, 0.4) is 0 Å². The van der Waals surface area contributed by atoms with E-state index in [2.05, 4.69) is 27.4 Å². The number of nitrogens with zero attached hydrogens (tertiary/aromatic N) is 3. The summed E-state index contributed by atoms with van der Waals surface area (Å²) in [7, 11) is 0. The lowest BCUT2D eigenvalue weighted by molar-refractivity contribution is -0.131. The first-order valence-electron chi connectivity index (χ1n) is 11.2. The molecular formula is C26H27N5O. The second-order valence-electron chi connectivity index (χ2n) is 8.46. The number of carbonyl (C=O) groups is 1. The molecular weight excluding hydrogens is 398 g/mol. The van der Waals surface area contributed by atoms with Gasteiger partial charge in [-0.3, -0.25) is 4.79 Å². The number of nitrogens with one attached hydrogen (secondary N) is 2. The number of H-pyrrole nitrogens is 1. The molecule has 0 aliphatic carbocycles. The van der Waals surface area contributed by atoms with Crippen LogP contribution in [0.25, 0.3) is 10.9 Å². The number of rotatable bonds is 5. The van der Waals surface area contributed by atoms with Gasteiger partial charge in [0.1, 0.15) is 11.6 Å². The molecule has 32 heavy (non-hydrogen) atoms. The van der Waals surface area contributed by atoms with Crippen LogP contribution >= 0.6 is 0 Å². The highest BCUT2D eigenvalue weighted by molar-refractivity contribution is 5.89. The molecule has 5 rings (SSSR count). The summed E-state index contributed by atoms with van der Waals surface area (Å²) in [6.07, 6.45) is 6.18. The summed E-state index contributed by atoms with van der Waals surface area (Å²) in [5.41, 5.74) is 4.23. The maximum Gasteiger partial charge on any atom is 0.227 e. The molecule has 0 radical (unpaired) electrons. The van der Waals surface area contributed by atoms with E-state index in [4.69, 9.17) is 4.98 Å². The fourth-order valence-electron chi connectivity index (χ4n) is 4.48. The quantitative estimate of drug-likeness (QED) is 0.474. The maximum atomic E-state index is 13.1. The van der Waals surface area contributed by atoms with Crippen LogP contribution in [-0.2, 0) is 11.2 Å². The fourth-order valence-corrected chi connectivity index (χ4v) is 4.48. The van der Waals surface area contributed by atoms with Crippen molar-refractivity contribution in [3.63, 3.8) is 0 Å². The minimum atomic E-state index is 0.179. The van der Waals surface area contributed by atoms with Crippen LogP contribution in [0.15, 0.2) is 67.0 Å². The standard InChI is InChI=1S/C26H27N5O/c1-18-7-5-13-27-26(18)30-24-12-4-11-22(29-24)19-8-6-14-31(17-19)25(32)15-20-16-28-23-10-3-2-9-21(20)23/h2-5,7,9-13,16,19,28H,6,8,14-15,17H2,1H3,(H,27,29,30)/t19-/m1/s1. The van der Waals surface area contributed by atoms with Gasteiger partial charge in [-0.05, 0) is 55.2 Å². The molecule has 0 spiro atoms. The maximum absolute atomic E-state index is 13.1. The number of aryl methyl sites for hydroxylation is 1. The Kier molecular flexibility index (Phi) is 5.58. The Labute approximate surface area is 187 Å². The van der Waals surface area contributed by atoms with Crippen molar-refractivity contribution in [2.75, 3.05) is 18.4 Å². The minimum absolute atomic E-state index is 0.179. The first-order chi connectivity index (χ1) is 15.7. The number of anilines is 2. The smallest absolute Gasteiger partial charge is 0.227 e. The second-order valence-corrected chi connectivity index (χ2v) is 8.46. The molecule has 1 atom stereocenters. The molecule has 4 heterocycles. The number of piperidine rings is 1. The van der Waals surface area contributed by atoms with Crippen molar-refractivity contribution in [2.45, 2.75) is 32.1 Å². The largest absolute Gasteiger partial charge is 0.361 e.